The fourth-order valence-electron chi connectivity index (χ4n) is 1.56. The number of hydrogen-bond acceptors (Lipinski definition) is 3. The van der Waals surface area contributed by atoms with Crippen LogP contribution < -0.4 is 0 Å². The Bertz CT molecular complexity index is 484. The van der Waals surface area contributed by atoms with E-state index in [9.17, 15) is 13.2 Å². The van der Waals surface area contributed by atoms with Crippen LogP contribution in [0.2, 0.25) is 0 Å². The lowest BCUT2D eigenvalue weighted by molar-refractivity contribution is -0.128. The van der Waals surface area contributed by atoms with E-state index < -0.39 is 15.9 Å². The molecule has 1 aromatic rings. The van der Waals surface area contributed by atoms with Crippen LogP contribution in [0, 0.1) is 0 Å². The Hall–Kier alpha value is -1.40. The van der Waals surface area contributed by atoms with Crippen LogP contribution in [0.4, 0.5) is 0 Å². The van der Waals surface area contributed by atoms with Gasteiger partial charge in [-0.1, -0.05) is 30.3 Å². The largest absolute Gasteiger partial charge is 0.341 e. The summed E-state index contributed by atoms with van der Waals surface area (Å²) in [6.07, 6.45) is 0.659. The average Bonchev–Trinajstić information content (AvgIpc) is 2.28. The van der Waals surface area contributed by atoms with Gasteiger partial charge in [0.1, 0.15) is 0 Å². The Morgan fingerprint density at radius 3 is 2.33 bits per heavy atom. The molecule has 0 aromatic heterocycles. The van der Waals surface area contributed by atoms with Gasteiger partial charge in [0.2, 0.25) is 5.91 Å². The van der Waals surface area contributed by atoms with Crippen LogP contribution in [0.15, 0.2) is 30.3 Å². The first kappa shape index (κ1) is 14.7. The third-order valence-electron chi connectivity index (χ3n) is 2.58. The molecule has 0 bridgehead atoms. The molecule has 1 aromatic carbocycles. The molecular formula is C12H17NO4S. The highest BCUT2D eigenvalue weighted by Gasteiger charge is 2.12. The van der Waals surface area contributed by atoms with Crippen LogP contribution in [0.25, 0.3) is 0 Å². The van der Waals surface area contributed by atoms with Gasteiger partial charge in [0.25, 0.3) is 10.1 Å². The van der Waals surface area contributed by atoms with Crippen molar-refractivity contribution in [3.63, 3.8) is 0 Å². The first-order valence-electron chi connectivity index (χ1n) is 5.63. The minimum absolute atomic E-state index is 0.0149. The second-order valence-electron chi connectivity index (χ2n) is 4.03. The summed E-state index contributed by atoms with van der Waals surface area (Å²) in [5, 5.41) is 0. The number of hydrogen-bond donors (Lipinski definition) is 1. The van der Waals surface area contributed by atoms with E-state index in [1.54, 1.807) is 0 Å². The van der Waals surface area contributed by atoms with Crippen molar-refractivity contribution >= 4 is 16.0 Å². The fraction of sp³-hybridized carbons (Fsp3) is 0.417. The van der Waals surface area contributed by atoms with Gasteiger partial charge < -0.3 is 4.90 Å². The molecular weight excluding hydrogens is 254 g/mol. The molecule has 0 aliphatic rings. The van der Waals surface area contributed by atoms with Crippen molar-refractivity contribution in [2.24, 2.45) is 0 Å². The van der Waals surface area contributed by atoms with Gasteiger partial charge in [0.15, 0.2) is 0 Å². The smallest absolute Gasteiger partial charge is 0.266 e. The number of rotatable bonds is 6. The molecule has 0 aliphatic carbocycles. The predicted octanol–water partition coefficient (Wildman–Crippen LogP) is 0.965. The molecule has 18 heavy (non-hydrogen) atoms. The summed E-state index contributed by atoms with van der Waals surface area (Å²) in [5.74, 6) is -0.629. The zero-order valence-corrected chi connectivity index (χ0v) is 11.1. The van der Waals surface area contributed by atoms with E-state index in [0.717, 1.165) is 5.56 Å². The van der Waals surface area contributed by atoms with Crippen molar-refractivity contribution in [3.05, 3.63) is 35.9 Å². The maximum Gasteiger partial charge on any atom is 0.266 e. The molecule has 6 heteroatoms. The molecule has 0 radical (unpaired) electrons. The van der Waals surface area contributed by atoms with E-state index in [4.69, 9.17) is 4.55 Å². The highest BCUT2D eigenvalue weighted by atomic mass is 32.2. The van der Waals surface area contributed by atoms with Crippen molar-refractivity contribution in [1.82, 2.24) is 4.90 Å². The first-order valence-corrected chi connectivity index (χ1v) is 7.24. The second-order valence-corrected chi connectivity index (χ2v) is 5.60. The molecule has 5 nitrogen and oxygen atoms in total. The Kier molecular flexibility index (Phi) is 5.30. The van der Waals surface area contributed by atoms with Gasteiger partial charge in [-0.3, -0.25) is 9.35 Å². The maximum atomic E-state index is 11.3. The zero-order chi connectivity index (χ0) is 13.6. The van der Waals surface area contributed by atoms with E-state index in [1.807, 2.05) is 30.3 Å². The Balaban J connectivity index is 2.51. The van der Waals surface area contributed by atoms with Gasteiger partial charge in [-0.25, -0.2) is 0 Å². The monoisotopic (exact) mass is 271 g/mol. The number of nitrogens with zero attached hydrogens (tertiary/aromatic N) is 1. The van der Waals surface area contributed by atoms with Crippen molar-refractivity contribution < 1.29 is 17.8 Å². The summed E-state index contributed by atoms with van der Waals surface area (Å²) in [4.78, 5) is 12.7. The van der Waals surface area contributed by atoms with Gasteiger partial charge in [-0.2, -0.15) is 8.42 Å². The van der Waals surface area contributed by atoms with E-state index in [0.29, 0.717) is 13.0 Å². The number of amides is 1. The van der Waals surface area contributed by atoms with E-state index in [2.05, 4.69) is 0 Å². The molecule has 0 unspecified atom stereocenters. The normalized spacial score (nSPS) is 11.2. The quantitative estimate of drug-likeness (QED) is 0.782. The second kappa shape index (κ2) is 6.51. The molecule has 0 spiro atoms. The standard InChI is InChI=1S/C12H17NO4S/c1-11(14)13(9-10-18(15,16)17)8-7-12-5-3-2-4-6-12/h2-6H,7-10H2,1H3,(H,15,16,17). The van der Waals surface area contributed by atoms with Crippen LogP contribution >= 0.6 is 0 Å². The Morgan fingerprint density at radius 2 is 1.83 bits per heavy atom. The summed E-state index contributed by atoms with van der Waals surface area (Å²) in [5.41, 5.74) is 1.08. The number of carbonyl (C=O) groups excluding carboxylic acids is 1. The maximum absolute atomic E-state index is 11.3. The molecule has 100 valence electrons. The molecule has 0 fully saturated rings. The molecule has 0 heterocycles. The number of carbonyl (C=O) groups is 1. The van der Waals surface area contributed by atoms with Crippen molar-refractivity contribution in [2.75, 3.05) is 18.8 Å². The minimum Gasteiger partial charge on any atom is -0.341 e. The van der Waals surface area contributed by atoms with Gasteiger partial charge >= 0.3 is 0 Å². The molecule has 0 saturated heterocycles. The SMILES string of the molecule is CC(=O)N(CCc1ccccc1)CCS(=O)(=O)O. The molecule has 0 atom stereocenters. The highest BCUT2D eigenvalue weighted by Crippen LogP contribution is 2.02. The Morgan fingerprint density at radius 1 is 1.22 bits per heavy atom. The minimum atomic E-state index is -4.03. The van der Waals surface area contributed by atoms with Gasteiger partial charge in [-0.15, -0.1) is 0 Å². The molecule has 0 aliphatic heterocycles. The van der Waals surface area contributed by atoms with Crippen molar-refractivity contribution in [2.45, 2.75) is 13.3 Å². The summed E-state index contributed by atoms with van der Waals surface area (Å²) in [6.45, 7) is 1.84. The third kappa shape index (κ3) is 5.79. The van der Waals surface area contributed by atoms with Gasteiger partial charge in [0, 0.05) is 20.0 Å². The van der Waals surface area contributed by atoms with Crippen LogP contribution in [0.1, 0.15) is 12.5 Å². The van der Waals surface area contributed by atoms with Crippen LogP contribution in [0.3, 0.4) is 0 Å². The lowest BCUT2D eigenvalue weighted by atomic mass is 10.1. The molecule has 1 amide bonds. The van der Waals surface area contributed by atoms with Crippen molar-refractivity contribution in [3.8, 4) is 0 Å². The van der Waals surface area contributed by atoms with Gasteiger partial charge in [-0.05, 0) is 12.0 Å². The Labute approximate surface area is 107 Å². The number of benzene rings is 1. The topological polar surface area (TPSA) is 74.7 Å². The molecule has 1 N–H and O–H groups in total. The summed E-state index contributed by atoms with van der Waals surface area (Å²) < 4.78 is 30.0. The van der Waals surface area contributed by atoms with Crippen molar-refractivity contribution in [1.29, 1.82) is 0 Å². The van der Waals surface area contributed by atoms with E-state index in [-0.39, 0.29) is 12.5 Å². The van der Waals surface area contributed by atoms with E-state index >= 15 is 0 Å². The average molecular weight is 271 g/mol. The summed E-state index contributed by atoms with van der Waals surface area (Å²) >= 11 is 0. The lowest BCUT2D eigenvalue weighted by Gasteiger charge is -2.20. The van der Waals surface area contributed by atoms with Crippen LogP contribution in [0.5, 0.6) is 0 Å². The van der Waals surface area contributed by atoms with Crippen LogP contribution in [-0.4, -0.2) is 42.6 Å². The molecule has 1 rings (SSSR count). The molecule has 0 saturated carbocycles. The summed E-state index contributed by atoms with van der Waals surface area (Å²) in [6, 6.07) is 9.62. The highest BCUT2D eigenvalue weighted by molar-refractivity contribution is 7.85. The van der Waals surface area contributed by atoms with Gasteiger partial charge in [0.05, 0.1) is 5.75 Å². The predicted molar refractivity (Wildman–Crippen MR) is 68.8 cm³/mol. The fourth-order valence-corrected chi connectivity index (χ4v) is 2.01. The lowest BCUT2D eigenvalue weighted by Crippen LogP contribution is -2.35. The van der Waals surface area contributed by atoms with Crippen LogP contribution in [-0.2, 0) is 21.3 Å². The first-order chi connectivity index (χ1) is 8.38. The zero-order valence-electron chi connectivity index (χ0n) is 10.2. The third-order valence-corrected chi connectivity index (χ3v) is 3.28. The summed E-state index contributed by atoms with van der Waals surface area (Å²) in [7, 11) is -4.03. The van der Waals surface area contributed by atoms with E-state index in [1.165, 1.54) is 11.8 Å².